The summed E-state index contributed by atoms with van der Waals surface area (Å²) in [7, 11) is -3.39. The minimum Gasteiger partial charge on any atom is -0.207 e. The molecule has 0 N–H and O–H groups in total. The largest absolute Gasteiger partial charge is 0.243 e. The van der Waals surface area contributed by atoms with Crippen molar-refractivity contribution >= 4 is 21.6 Å². The molecule has 2 rings (SSSR count). The first-order chi connectivity index (χ1) is 11.0. The van der Waals surface area contributed by atoms with Crippen LogP contribution in [0.3, 0.4) is 0 Å². The number of unbranched alkanes of at least 4 members (excludes halogenated alkanes) is 3. The van der Waals surface area contributed by atoms with Crippen LogP contribution in [0.15, 0.2) is 29.2 Å². The molecule has 5 heteroatoms. The number of alkyl halides is 1. The molecule has 1 aromatic rings. The van der Waals surface area contributed by atoms with Crippen LogP contribution in [0.5, 0.6) is 0 Å². The molecule has 0 aliphatic carbocycles. The molecule has 3 nitrogen and oxygen atoms in total. The lowest BCUT2D eigenvalue weighted by Crippen LogP contribution is -2.29. The van der Waals surface area contributed by atoms with Gasteiger partial charge in [-0.1, -0.05) is 50.3 Å². The summed E-state index contributed by atoms with van der Waals surface area (Å²) in [6.45, 7) is 5.33. The molecular formula is C18H28ClNO2S. The minimum atomic E-state index is -3.39. The Balaban J connectivity index is 2.04. The Morgan fingerprint density at radius 3 is 2.35 bits per heavy atom. The average Bonchev–Trinajstić information content (AvgIpc) is 2.96. The zero-order valence-electron chi connectivity index (χ0n) is 14.2. The van der Waals surface area contributed by atoms with E-state index in [2.05, 4.69) is 6.92 Å². The van der Waals surface area contributed by atoms with E-state index >= 15 is 0 Å². The van der Waals surface area contributed by atoms with Gasteiger partial charge < -0.3 is 0 Å². The Morgan fingerprint density at radius 2 is 1.74 bits per heavy atom. The molecule has 1 saturated heterocycles. The van der Waals surface area contributed by atoms with E-state index in [1.807, 2.05) is 19.1 Å². The number of hydrogen-bond donors (Lipinski definition) is 0. The molecule has 2 atom stereocenters. The molecule has 1 aliphatic heterocycles. The molecule has 1 aliphatic rings. The number of hydrogen-bond acceptors (Lipinski definition) is 2. The summed E-state index contributed by atoms with van der Waals surface area (Å²) in [5.74, 6) is 1.21. The van der Waals surface area contributed by atoms with Gasteiger partial charge in [-0.3, -0.25) is 0 Å². The summed E-state index contributed by atoms with van der Waals surface area (Å²) in [5.41, 5.74) is 1.07. The second-order valence-corrected chi connectivity index (χ2v) is 8.91. The second kappa shape index (κ2) is 8.50. The fourth-order valence-corrected chi connectivity index (χ4v) is 5.19. The number of benzene rings is 1. The highest BCUT2D eigenvalue weighted by molar-refractivity contribution is 7.89. The maximum Gasteiger partial charge on any atom is 0.243 e. The molecule has 1 aromatic carbocycles. The van der Waals surface area contributed by atoms with E-state index in [9.17, 15) is 8.42 Å². The SMILES string of the molecule is CCCCCCC1CN(S(=O)(=O)c2ccc(C)cc2)CC1CCl. The summed E-state index contributed by atoms with van der Waals surface area (Å²) in [5, 5.41) is 0. The van der Waals surface area contributed by atoms with Crippen molar-refractivity contribution in [2.45, 2.75) is 50.8 Å². The molecule has 130 valence electrons. The Labute approximate surface area is 146 Å². The van der Waals surface area contributed by atoms with Gasteiger partial charge in [-0.15, -0.1) is 11.6 Å². The van der Waals surface area contributed by atoms with Gasteiger partial charge in [0, 0.05) is 19.0 Å². The van der Waals surface area contributed by atoms with Crippen LogP contribution < -0.4 is 0 Å². The van der Waals surface area contributed by atoms with Gasteiger partial charge in [-0.05, 0) is 37.3 Å². The lowest BCUT2D eigenvalue weighted by molar-refractivity contribution is 0.401. The number of halogens is 1. The Hall–Kier alpha value is -0.580. The van der Waals surface area contributed by atoms with Crippen molar-refractivity contribution in [2.75, 3.05) is 19.0 Å². The average molecular weight is 358 g/mol. The molecule has 2 unspecified atom stereocenters. The molecule has 0 aromatic heterocycles. The quantitative estimate of drug-likeness (QED) is 0.509. The highest BCUT2D eigenvalue weighted by Gasteiger charge is 2.38. The van der Waals surface area contributed by atoms with Gasteiger partial charge in [0.15, 0.2) is 0 Å². The van der Waals surface area contributed by atoms with Crippen LogP contribution in [0.2, 0.25) is 0 Å². The summed E-state index contributed by atoms with van der Waals surface area (Å²) in [6.07, 6.45) is 5.95. The Bertz CT molecular complexity index is 586. The monoisotopic (exact) mass is 357 g/mol. The molecule has 0 bridgehead atoms. The summed E-state index contributed by atoms with van der Waals surface area (Å²) >= 11 is 6.10. The highest BCUT2D eigenvalue weighted by Crippen LogP contribution is 2.32. The van der Waals surface area contributed by atoms with Crippen LogP contribution in [0.25, 0.3) is 0 Å². The van der Waals surface area contributed by atoms with Crippen LogP contribution in [-0.2, 0) is 10.0 Å². The van der Waals surface area contributed by atoms with E-state index in [4.69, 9.17) is 11.6 Å². The second-order valence-electron chi connectivity index (χ2n) is 6.66. The first-order valence-corrected chi connectivity index (χ1v) is 10.6. The summed E-state index contributed by atoms with van der Waals surface area (Å²) in [6, 6.07) is 7.11. The van der Waals surface area contributed by atoms with Gasteiger partial charge in [0.25, 0.3) is 0 Å². The van der Waals surface area contributed by atoms with E-state index in [1.54, 1.807) is 16.4 Å². The van der Waals surface area contributed by atoms with Crippen molar-refractivity contribution in [3.05, 3.63) is 29.8 Å². The first-order valence-electron chi connectivity index (χ1n) is 8.61. The van der Waals surface area contributed by atoms with E-state index in [-0.39, 0.29) is 5.92 Å². The van der Waals surface area contributed by atoms with E-state index in [1.165, 1.54) is 25.7 Å². The first kappa shape index (κ1) is 18.8. The topological polar surface area (TPSA) is 37.4 Å². The van der Waals surface area contributed by atoms with Crippen LogP contribution in [0, 0.1) is 18.8 Å². The van der Waals surface area contributed by atoms with E-state index in [0.717, 1.165) is 12.0 Å². The fourth-order valence-electron chi connectivity index (χ4n) is 3.29. The van der Waals surface area contributed by atoms with Crippen molar-refractivity contribution in [3.63, 3.8) is 0 Å². The Kier molecular flexibility index (Phi) is 6.93. The Morgan fingerprint density at radius 1 is 1.09 bits per heavy atom. The standard InChI is InChI=1S/C18H28ClNO2S/c1-3-4-5-6-7-16-13-20(14-17(16)12-19)23(21,22)18-10-8-15(2)9-11-18/h8-11,16-17H,3-7,12-14H2,1-2H3. The highest BCUT2D eigenvalue weighted by atomic mass is 35.5. The molecule has 0 saturated carbocycles. The predicted octanol–water partition coefficient (Wildman–Crippen LogP) is 4.44. The summed E-state index contributed by atoms with van der Waals surface area (Å²) < 4.78 is 27.3. The smallest absolute Gasteiger partial charge is 0.207 e. The number of nitrogens with zero attached hydrogens (tertiary/aromatic N) is 1. The third kappa shape index (κ3) is 4.71. The number of sulfonamides is 1. The van der Waals surface area contributed by atoms with Crippen LogP contribution in [-0.4, -0.2) is 31.7 Å². The van der Waals surface area contributed by atoms with Crippen LogP contribution in [0.4, 0.5) is 0 Å². The number of aryl methyl sites for hydroxylation is 1. The third-order valence-electron chi connectivity index (χ3n) is 4.83. The predicted molar refractivity (Wildman–Crippen MR) is 96.4 cm³/mol. The van der Waals surface area contributed by atoms with Crippen molar-refractivity contribution in [1.29, 1.82) is 0 Å². The molecule has 0 spiro atoms. The third-order valence-corrected chi connectivity index (χ3v) is 7.07. The lowest BCUT2D eigenvalue weighted by Gasteiger charge is -2.16. The van der Waals surface area contributed by atoms with Crippen molar-refractivity contribution in [2.24, 2.45) is 11.8 Å². The molecule has 0 amide bonds. The van der Waals surface area contributed by atoms with Gasteiger partial charge in [0.1, 0.15) is 0 Å². The van der Waals surface area contributed by atoms with Gasteiger partial charge in [-0.2, -0.15) is 4.31 Å². The lowest BCUT2D eigenvalue weighted by atomic mass is 9.92. The number of rotatable bonds is 8. The van der Waals surface area contributed by atoms with Crippen LogP contribution >= 0.6 is 11.6 Å². The van der Waals surface area contributed by atoms with Gasteiger partial charge in [0.2, 0.25) is 10.0 Å². The summed E-state index contributed by atoms with van der Waals surface area (Å²) in [4.78, 5) is 0.392. The van der Waals surface area contributed by atoms with E-state index < -0.39 is 10.0 Å². The maximum absolute atomic E-state index is 12.8. The van der Waals surface area contributed by atoms with Gasteiger partial charge in [0.05, 0.1) is 4.90 Å². The molecular weight excluding hydrogens is 330 g/mol. The molecule has 23 heavy (non-hydrogen) atoms. The van der Waals surface area contributed by atoms with Crippen LogP contribution in [0.1, 0.15) is 44.6 Å². The van der Waals surface area contributed by atoms with Crippen molar-refractivity contribution in [1.82, 2.24) is 4.31 Å². The van der Waals surface area contributed by atoms with Crippen molar-refractivity contribution < 1.29 is 8.42 Å². The van der Waals surface area contributed by atoms with E-state index in [0.29, 0.717) is 29.8 Å². The molecule has 1 fully saturated rings. The normalized spacial score (nSPS) is 22.6. The van der Waals surface area contributed by atoms with Crippen molar-refractivity contribution in [3.8, 4) is 0 Å². The molecule has 1 heterocycles. The van der Waals surface area contributed by atoms with Gasteiger partial charge in [-0.25, -0.2) is 8.42 Å². The maximum atomic E-state index is 12.8. The zero-order valence-corrected chi connectivity index (χ0v) is 15.7. The zero-order chi connectivity index (χ0) is 16.9. The minimum absolute atomic E-state index is 0.276. The fraction of sp³-hybridized carbons (Fsp3) is 0.667. The van der Waals surface area contributed by atoms with Gasteiger partial charge >= 0.3 is 0 Å². The molecule has 0 radical (unpaired) electrons.